The molecule has 0 aliphatic rings. The number of nitrogens with one attached hydrogen (secondary N) is 1. The van der Waals surface area contributed by atoms with E-state index in [4.69, 9.17) is 10.8 Å². The van der Waals surface area contributed by atoms with Crippen molar-refractivity contribution in [1.82, 2.24) is 10.3 Å². The molecule has 0 spiro atoms. The Kier molecular flexibility index (Phi) is 3.22. The molecule has 0 atom stereocenters. The second-order valence-corrected chi connectivity index (χ2v) is 2.49. The Hall–Kier alpha value is -1.62. The Morgan fingerprint density at radius 2 is 2.38 bits per heavy atom. The highest BCUT2D eigenvalue weighted by molar-refractivity contribution is 5.94. The van der Waals surface area contributed by atoms with E-state index >= 15 is 0 Å². The molecule has 0 bridgehead atoms. The van der Waals surface area contributed by atoms with Crippen LogP contribution >= 0.6 is 0 Å². The molecular formula is C8H11N3O2. The number of aliphatic hydroxyl groups is 1. The molecule has 1 aromatic heterocycles. The number of rotatable bonds is 3. The third-order valence-corrected chi connectivity index (χ3v) is 1.42. The predicted octanol–water partition coefficient (Wildman–Crippen LogP) is -0.614. The number of hydrogen-bond acceptors (Lipinski definition) is 4. The van der Waals surface area contributed by atoms with Gasteiger partial charge in [0.2, 0.25) is 0 Å². The fraction of sp³-hybridized carbons (Fsp3) is 0.250. The van der Waals surface area contributed by atoms with Crippen molar-refractivity contribution in [3.63, 3.8) is 0 Å². The average Bonchev–Trinajstić information content (AvgIpc) is 2.14. The van der Waals surface area contributed by atoms with Crippen molar-refractivity contribution < 1.29 is 9.90 Å². The van der Waals surface area contributed by atoms with Crippen LogP contribution in [0, 0.1) is 0 Å². The zero-order valence-electron chi connectivity index (χ0n) is 7.03. The molecule has 0 saturated heterocycles. The fourth-order valence-corrected chi connectivity index (χ4v) is 0.853. The Balaban J connectivity index is 2.66. The minimum Gasteiger partial charge on any atom is -0.397 e. The van der Waals surface area contributed by atoms with E-state index in [0.717, 1.165) is 0 Å². The van der Waals surface area contributed by atoms with Crippen LogP contribution in [0.15, 0.2) is 18.5 Å². The van der Waals surface area contributed by atoms with E-state index in [2.05, 4.69) is 10.3 Å². The van der Waals surface area contributed by atoms with Gasteiger partial charge in [-0.15, -0.1) is 0 Å². The summed E-state index contributed by atoms with van der Waals surface area (Å²) in [6.07, 6.45) is 2.88. The molecule has 0 fully saturated rings. The number of anilines is 1. The molecular weight excluding hydrogens is 170 g/mol. The summed E-state index contributed by atoms with van der Waals surface area (Å²) in [5.74, 6) is -0.283. The lowest BCUT2D eigenvalue weighted by atomic mass is 10.2. The van der Waals surface area contributed by atoms with Crippen LogP contribution in [0.4, 0.5) is 5.69 Å². The summed E-state index contributed by atoms with van der Waals surface area (Å²) in [7, 11) is 0. The lowest BCUT2D eigenvalue weighted by molar-refractivity contribution is 0.0944. The molecule has 4 N–H and O–H groups in total. The summed E-state index contributed by atoms with van der Waals surface area (Å²) < 4.78 is 0. The maximum absolute atomic E-state index is 11.2. The number of amides is 1. The highest BCUT2D eigenvalue weighted by Gasteiger charge is 2.04. The molecule has 5 nitrogen and oxygen atoms in total. The summed E-state index contributed by atoms with van der Waals surface area (Å²) >= 11 is 0. The zero-order chi connectivity index (χ0) is 9.68. The fourth-order valence-electron chi connectivity index (χ4n) is 0.853. The predicted molar refractivity (Wildman–Crippen MR) is 48.1 cm³/mol. The monoisotopic (exact) mass is 181 g/mol. The van der Waals surface area contributed by atoms with Crippen LogP contribution in [0.1, 0.15) is 10.4 Å². The van der Waals surface area contributed by atoms with E-state index in [-0.39, 0.29) is 19.1 Å². The third kappa shape index (κ3) is 2.72. The van der Waals surface area contributed by atoms with E-state index in [1.54, 1.807) is 0 Å². The number of carbonyl (C=O) groups excluding carboxylic acids is 1. The number of aromatic nitrogens is 1. The van der Waals surface area contributed by atoms with Gasteiger partial charge in [0, 0.05) is 18.9 Å². The molecule has 0 aromatic carbocycles. The van der Waals surface area contributed by atoms with E-state index < -0.39 is 0 Å². The minimum absolute atomic E-state index is 0.0819. The molecule has 1 rings (SSSR count). The first-order chi connectivity index (χ1) is 6.24. The topological polar surface area (TPSA) is 88.2 Å². The number of aliphatic hydroxyl groups excluding tert-OH is 1. The SMILES string of the molecule is Nc1cncc(C(=O)NCCO)c1. The van der Waals surface area contributed by atoms with Crippen LogP contribution in [0.25, 0.3) is 0 Å². The van der Waals surface area contributed by atoms with Crippen LogP contribution in [0.5, 0.6) is 0 Å². The molecule has 0 aliphatic heterocycles. The van der Waals surface area contributed by atoms with Gasteiger partial charge in [-0.3, -0.25) is 9.78 Å². The first kappa shape index (κ1) is 9.47. The smallest absolute Gasteiger partial charge is 0.253 e. The second-order valence-electron chi connectivity index (χ2n) is 2.49. The van der Waals surface area contributed by atoms with Gasteiger partial charge in [-0.2, -0.15) is 0 Å². The molecule has 0 aliphatic carbocycles. The van der Waals surface area contributed by atoms with Crippen molar-refractivity contribution in [3.8, 4) is 0 Å². The first-order valence-corrected chi connectivity index (χ1v) is 3.83. The number of carbonyl (C=O) groups is 1. The van der Waals surface area contributed by atoms with E-state index in [0.29, 0.717) is 11.3 Å². The van der Waals surface area contributed by atoms with Crippen molar-refractivity contribution in [2.24, 2.45) is 0 Å². The second kappa shape index (κ2) is 4.42. The molecule has 1 aromatic rings. The Morgan fingerprint density at radius 3 is 3.00 bits per heavy atom. The lowest BCUT2D eigenvalue weighted by Crippen LogP contribution is -2.26. The molecule has 5 heteroatoms. The standard InChI is InChI=1S/C8H11N3O2/c9-7-3-6(4-10-5-7)8(13)11-1-2-12/h3-5,12H,1-2,9H2,(H,11,13). The van der Waals surface area contributed by atoms with E-state index in [1.807, 2.05) is 0 Å². The van der Waals surface area contributed by atoms with E-state index in [9.17, 15) is 4.79 Å². The van der Waals surface area contributed by atoms with Gasteiger partial charge in [-0.1, -0.05) is 0 Å². The van der Waals surface area contributed by atoms with Crippen molar-refractivity contribution in [1.29, 1.82) is 0 Å². The van der Waals surface area contributed by atoms with Gasteiger partial charge in [-0.05, 0) is 6.07 Å². The lowest BCUT2D eigenvalue weighted by Gasteiger charge is -2.02. The molecule has 0 unspecified atom stereocenters. The van der Waals surface area contributed by atoms with Crippen LogP contribution in [0.3, 0.4) is 0 Å². The first-order valence-electron chi connectivity index (χ1n) is 3.83. The van der Waals surface area contributed by atoms with Gasteiger partial charge in [0.15, 0.2) is 0 Å². The summed E-state index contributed by atoms with van der Waals surface area (Å²) in [5, 5.41) is 11.0. The minimum atomic E-state index is -0.283. The number of nitrogens with two attached hydrogens (primary N) is 1. The summed E-state index contributed by atoms with van der Waals surface area (Å²) in [4.78, 5) is 15.0. The van der Waals surface area contributed by atoms with Crippen LogP contribution in [-0.4, -0.2) is 29.1 Å². The van der Waals surface area contributed by atoms with Gasteiger partial charge < -0.3 is 16.2 Å². The van der Waals surface area contributed by atoms with E-state index in [1.165, 1.54) is 18.5 Å². The number of pyridine rings is 1. The maximum Gasteiger partial charge on any atom is 0.253 e. The Morgan fingerprint density at radius 1 is 1.62 bits per heavy atom. The maximum atomic E-state index is 11.2. The van der Waals surface area contributed by atoms with Gasteiger partial charge in [0.1, 0.15) is 0 Å². The summed E-state index contributed by atoms with van der Waals surface area (Å²) in [6, 6.07) is 1.53. The Bertz CT molecular complexity index is 301. The highest BCUT2D eigenvalue weighted by atomic mass is 16.3. The Labute approximate surface area is 75.6 Å². The van der Waals surface area contributed by atoms with Crippen molar-refractivity contribution in [2.45, 2.75) is 0 Å². The number of hydrogen-bond donors (Lipinski definition) is 3. The van der Waals surface area contributed by atoms with Gasteiger partial charge in [0.25, 0.3) is 5.91 Å². The zero-order valence-corrected chi connectivity index (χ0v) is 7.03. The van der Waals surface area contributed by atoms with Crippen molar-refractivity contribution >= 4 is 11.6 Å². The van der Waals surface area contributed by atoms with Crippen molar-refractivity contribution in [3.05, 3.63) is 24.0 Å². The van der Waals surface area contributed by atoms with Crippen LogP contribution in [0.2, 0.25) is 0 Å². The summed E-state index contributed by atoms with van der Waals surface area (Å²) in [5.41, 5.74) is 6.27. The largest absolute Gasteiger partial charge is 0.397 e. The number of nitrogens with zero attached hydrogens (tertiary/aromatic N) is 1. The molecule has 1 amide bonds. The summed E-state index contributed by atoms with van der Waals surface area (Å²) in [6.45, 7) is 0.148. The molecule has 70 valence electrons. The average molecular weight is 181 g/mol. The van der Waals surface area contributed by atoms with Crippen LogP contribution < -0.4 is 11.1 Å². The molecule has 0 radical (unpaired) electrons. The number of nitrogen functional groups attached to an aromatic ring is 1. The molecule has 13 heavy (non-hydrogen) atoms. The highest BCUT2D eigenvalue weighted by Crippen LogP contribution is 2.02. The molecule has 0 saturated carbocycles. The normalized spacial score (nSPS) is 9.62. The molecule has 1 heterocycles. The van der Waals surface area contributed by atoms with Crippen LogP contribution in [-0.2, 0) is 0 Å². The third-order valence-electron chi connectivity index (χ3n) is 1.42. The van der Waals surface area contributed by atoms with Gasteiger partial charge >= 0.3 is 0 Å². The van der Waals surface area contributed by atoms with Gasteiger partial charge in [0.05, 0.1) is 17.9 Å². The van der Waals surface area contributed by atoms with Gasteiger partial charge in [-0.25, -0.2) is 0 Å². The van der Waals surface area contributed by atoms with Crippen molar-refractivity contribution in [2.75, 3.05) is 18.9 Å². The quantitative estimate of drug-likeness (QED) is 0.580.